The summed E-state index contributed by atoms with van der Waals surface area (Å²) in [5.74, 6) is -11.8. The lowest BCUT2D eigenvalue weighted by molar-refractivity contribution is -0.123. The van der Waals surface area contributed by atoms with Crippen molar-refractivity contribution < 1.29 is 45.4 Å². The number of carbonyl (C=O) groups is 2. The molecule has 0 bridgehead atoms. The number of ether oxygens (including phenoxy) is 2. The van der Waals surface area contributed by atoms with Crippen LogP contribution >= 0.6 is 0 Å². The van der Waals surface area contributed by atoms with E-state index in [4.69, 9.17) is 20.9 Å². The molecule has 254 valence electrons. The van der Waals surface area contributed by atoms with E-state index in [2.05, 4.69) is 15.3 Å². The van der Waals surface area contributed by atoms with Crippen molar-refractivity contribution in [1.82, 2.24) is 10.3 Å². The Kier molecular flexibility index (Phi) is 8.07. The first-order chi connectivity index (χ1) is 22.5. The number of fused-ring (bicyclic) bond motifs is 1. The minimum Gasteiger partial charge on any atom is -0.495 e. The third-order valence-corrected chi connectivity index (χ3v) is 9.21. The number of carbonyl (C=O) groups excluding carboxylic acids is 2. The van der Waals surface area contributed by atoms with E-state index in [1.807, 2.05) is 0 Å². The number of alkyl halides is 3. The molecule has 2 heterocycles. The maximum absolute atomic E-state index is 15.1. The number of benzene rings is 2. The Balaban J connectivity index is 1.39. The van der Waals surface area contributed by atoms with E-state index in [1.54, 1.807) is 0 Å². The molecule has 2 amide bonds. The van der Waals surface area contributed by atoms with Crippen molar-refractivity contribution in [3.8, 4) is 22.8 Å². The Morgan fingerprint density at radius 2 is 1.79 bits per heavy atom. The van der Waals surface area contributed by atoms with Gasteiger partial charge >= 0.3 is 0 Å². The number of nitrogens with one attached hydrogen (secondary N) is 1. The van der Waals surface area contributed by atoms with Crippen LogP contribution in [-0.2, 0) is 10.2 Å². The fraction of sp³-hybridized carbons (Fsp3) is 0.394. The highest BCUT2D eigenvalue weighted by Gasteiger charge is 2.50. The second-order valence-corrected chi connectivity index (χ2v) is 12.7. The molecule has 0 unspecified atom stereocenters. The molecular formula is C33H31F6N5O4. The number of aromatic nitrogens is 1. The summed E-state index contributed by atoms with van der Waals surface area (Å²) in [7, 11) is 1.33. The van der Waals surface area contributed by atoms with Gasteiger partial charge in [0, 0.05) is 78.4 Å². The average molecular weight is 676 g/mol. The van der Waals surface area contributed by atoms with Gasteiger partial charge in [0.1, 0.15) is 35.0 Å². The Hall–Kier alpha value is -4.82. The van der Waals surface area contributed by atoms with Gasteiger partial charge in [0.05, 0.1) is 12.8 Å². The minimum absolute atomic E-state index is 0.0464. The predicted octanol–water partition coefficient (Wildman–Crippen LogP) is 5.33. The topological polar surface area (TPSA) is 142 Å². The molecule has 1 aliphatic heterocycles. The van der Waals surface area contributed by atoms with Gasteiger partial charge in [-0.05, 0) is 37.1 Å². The number of aliphatic imine (C=N–C) groups is 1. The highest BCUT2D eigenvalue weighted by molar-refractivity contribution is 5.99. The number of nitrogens with zero attached hydrogens (tertiary/aromatic N) is 2. The molecule has 3 aromatic rings. The van der Waals surface area contributed by atoms with Gasteiger partial charge < -0.3 is 26.3 Å². The number of methoxy groups -OCH3 is 1. The number of rotatable bonds is 10. The van der Waals surface area contributed by atoms with Crippen LogP contribution in [0.15, 0.2) is 35.3 Å². The molecule has 1 aromatic heterocycles. The summed E-state index contributed by atoms with van der Waals surface area (Å²) in [6.07, 6.45) is 0.604. The second kappa shape index (κ2) is 11.7. The molecular weight excluding hydrogens is 644 g/mol. The van der Waals surface area contributed by atoms with Crippen LogP contribution in [0.2, 0.25) is 0 Å². The molecule has 2 aromatic carbocycles. The van der Waals surface area contributed by atoms with Crippen LogP contribution < -0.4 is 26.3 Å². The summed E-state index contributed by atoms with van der Waals surface area (Å²) in [4.78, 5) is 34.4. The van der Waals surface area contributed by atoms with Crippen molar-refractivity contribution in [1.29, 1.82) is 0 Å². The van der Waals surface area contributed by atoms with Crippen molar-refractivity contribution in [2.45, 2.75) is 55.7 Å². The second-order valence-electron chi connectivity index (χ2n) is 12.7. The van der Waals surface area contributed by atoms with Crippen LogP contribution in [0.1, 0.15) is 65.7 Å². The number of nitrogens with two attached hydrogens (primary N) is 2. The number of pyridine rings is 1. The summed E-state index contributed by atoms with van der Waals surface area (Å²) in [6, 6.07) is 5.06. The lowest BCUT2D eigenvalue weighted by Gasteiger charge is -2.40. The van der Waals surface area contributed by atoms with Crippen molar-refractivity contribution in [2.24, 2.45) is 16.6 Å². The molecule has 2 aliphatic carbocycles. The Morgan fingerprint density at radius 3 is 2.42 bits per heavy atom. The number of hydrogen-bond donors (Lipinski definition) is 3. The monoisotopic (exact) mass is 675 g/mol. The van der Waals surface area contributed by atoms with Gasteiger partial charge in [0.25, 0.3) is 5.91 Å². The van der Waals surface area contributed by atoms with E-state index in [0.717, 1.165) is 0 Å². The number of hydrogen-bond acceptors (Lipinski definition) is 7. The molecule has 2 fully saturated rings. The van der Waals surface area contributed by atoms with E-state index in [9.17, 15) is 31.5 Å². The van der Waals surface area contributed by atoms with Gasteiger partial charge in [-0.25, -0.2) is 31.3 Å². The Labute approximate surface area is 270 Å². The third-order valence-electron chi connectivity index (χ3n) is 9.21. The van der Waals surface area contributed by atoms with Crippen LogP contribution in [0.25, 0.3) is 11.3 Å². The maximum Gasteiger partial charge on any atom is 0.251 e. The first-order valence-corrected chi connectivity index (χ1v) is 15.0. The molecule has 0 spiro atoms. The zero-order valence-corrected chi connectivity index (χ0v) is 25.8. The van der Waals surface area contributed by atoms with E-state index in [0.29, 0.717) is 12.1 Å². The smallest absolute Gasteiger partial charge is 0.251 e. The summed E-state index contributed by atoms with van der Waals surface area (Å²) >= 11 is 0. The molecule has 15 heteroatoms. The van der Waals surface area contributed by atoms with Crippen molar-refractivity contribution in [3.63, 3.8) is 0 Å². The standard InChI is InChI=1S/C33H31F6N5O4/c1-31(30(41)46)14-48-28-20(31)8-24(44-27(28)18-7-22(35)23(36)9-21(18)34)19(17-10-32(37,38)11-17)13-42-29(45)15-5-16(12-43-33(39)3-4-33)26(40)25(6-15)47-2/h5-9,12,17,19H,3-4,10-11,13-14,40H2,1-2H3,(H2,41,46)(H,42,45)/b43-12+/t19-,31-/m0/s1. The Bertz CT molecular complexity index is 1860. The zero-order valence-electron chi connectivity index (χ0n) is 25.8. The number of anilines is 1. The fourth-order valence-electron chi connectivity index (χ4n) is 5.97. The molecule has 2 atom stereocenters. The normalized spacial score (nSPS) is 21.2. The number of primary amides is 1. The summed E-state index contributed by atoms with van der Waals surface area (Å²) in [5.41, 5.74) is 10.2. The predicted molar refractivity (Wildman–Crippen MR) is 162 cm³/mol. The van der Waals surface area contributed by atoms with E-state index in [-0.39, 0.29) is 71.3 Å². The van der Waals surface area contributed by atoms with Gasteiger partial charge in [-0.3, -0.25) is 14.6 Å². The van der Waals surface area contributed by atoms with Crippen molar-refractivity contribution in [3.05, 3.63) is 70.2 Å². The fourth-order valence-corrected chi connectivity index (χ4v) is 5.97. The number of amides is 2. The number of nitrogen functional groups attached to an aromatic ring is 1. The first-order valence-electron chi connectivity index (χ1n) is 15.0. The molecule has 0 saturated heterocycles. The first kappa shape index (κ1) is 33.1. The molecule has 2 saturated carbocycles. The van der Waals surface area contributed by atoms with Gasteiger partial charge in [0.15, 0.2) is 17.4 Å². The molecule has 48 heavy (non-hydrogen) atoms. The molecule has 3 aliphatic rings. The summed E-state index contributed by atoms with van der Waals surface area (Å²) in [5, 5.41) is 2.71. The lowest BCUT2D eigenvalue weighted by Crippen LogP contribution is -2.43. The van der Waals surface area contributed by atoms with Crippen LogP contribution in [-0.4, -0.2) is 55.0 Å². The summed E-state index contributed by atoms with van der Waals surface area (Å²) in [6.45, 7) is 0.926. The van der Waals surface area contributed by atoms with Crippen LogP contribution in [0, 0.1) is 23.4 Å². The van der Waals surface area contributed by atoms with Crippen LogP contribution in [0.3, 0.4) is 0 Å². The van der Waals surface area contributed by atoms with Gasteiger partial charge in [0.2, 0.25) is 11.8 Å². The third kappa shape index (κ3) is 6.01. The van der Waals surface area contributed by atoms with Crippen molar-refractivity contribution >= 4 is 23.7 Å². The van der Waals surface area contributed by atoms with Gasteiger partial charge in [-0.15, -0.1) is 0 Å². The quantitative estimate of drug-likeness (QED) is 0.0873. The van der Waals surface area contributed by atoms with E-state index < -0.39 is 76.6 Å². The minimum atomic E-state index is -2.99. The Morgan fingerprint density at radius 1 is 1.10 bits per heavy atom. The molecule has 0 radical (unpaired) electrons. The van der Waals surface area contributed by atoms with Crippen LogP contribution in [0.5, 0.6) is 11.5 Å². The van der Waals surface area contributed by atoms with E-state index in [1.165, 1.54) is 38.4 Å². The number of halogens is 6. The highest BCUT2D eigenvalue weighted by atomic mass is 19.3. The van der Waals surface area contributed by atoms with Gasteiger partial charge in [-0.1, -0.05) is 0 Å². The molecule has 9 nitrogen and oxygen atoms in total. The summed E-state index contributed by atoms with van der Waals surface area (Å²) < 4.78 is 96.9. The average Bonchev–Trinajstić information content (AvgIpc) is 3.66. The van der Waals surface area contributed by atoms with Crippen molar-refractivity contribution in [2.75, 3.05) is 26.0 Å². The maximum atomic E-state index is 15.1. The lowest BCUT2D eigenvalue weighted by atomic mass is 9.71. The van der Waals surface area contributed by atoms with Gasteiger partial charge in [-0.2, -0.15) is 0 Å². The SMILES string of the molecule is COc1cc(C(=O)NC[C@H](c2cc3c(c(-c4cc(F)c(F)cc4F)n2)OC[C@]3(C)C(N)=O)C2CC(F)(F)C2)cc(/C=N/C2(F)CC2)c1N. The van der Waals surface area contributed by atoms with E-state index >= 15 is 4.39 Å². The van der Waals surface area contributed by atoms with Crippen LogP contribution in [0.4, 0.5) is 32.0 Å². The largest absolute Gasteiger partial charge is 0.495 e. The molecule has 5 N–H and O–H groups in total. The molecule has 6 rings (SSSR count). The zero-order chi connectivity index (χ0) is 34.8. The highest BCUT2D eigenvalue weighted by Crippen LogP contribution is 2.51.